The third-order valence-corrected chi connectivity index (χ3v) is 6.15. The summed E-state index contributed by atoms with van der Waals surface area (Å²) in [5, 5.41) is 0. The molecule has 2 aliphatic heterocycles. The number of rotatable bonds is 3. The lowest BCUT2D eigenvalue weighted by Crippen LogP contribution is -2.51. The molecule has 0 radical (unpaired) electrons. The summed E-state index contributed by atoms with van der Waals surface area (Å²) in [6, 6.07) is 8.97. The van der Waals surface area contributed by atoms with Crippen molar-refractivity contribution in [2.75, 3.05) is 19.7 Å². The Labute approximate surface area is 145 Å². The molecule has 130 valence electrons. The number of piperidine rings is 1. The summed E-state index contributed by atoms with van der Waals surface area (Å²) in [6.45, 7) is 4.82. The van der Waals surface area contributed by atoms with Crippen molar-refractivity contribution in [2.24, 2.45) is 11.8 Å². The Morgan fingerprint density at radius 2 is 1.88 bits per heavy atom. The molecule has 1 amide bonds. The summed E-state index contributed by atoms with van der Waals surface area (Å²) in [5.41, 5.74) is 2.81. The molecule has 2 saturated heterocycles. The Morgan fingerprint density at radius 1 is 1.17 bits per heavy atom. The zero-order valence-corrected chi connectivity index (χ0v) is 14.8. The van der Waals surface area contributed by atoms with E-state index in [0.29, 0.717) is 17.7 Å². The third kappa shape index (κ3) is 3.51. The molecule has 1 aromatic carbocycles. The van der Waals surface area contributed by atoms with Crippen molar-refractivity contribution in [3.63, 3.8) is 0 Å². The lowest BCUT2D eigenvalue weighted by Gasteiger charge is -2.46. The number of nitrogens with zero attached hydrogens (tertiary/aromatic N) is 1. The van der Waals surface area contributed by atoms with Crippen molar-refractivity contribution in [3.8, 4) is 0 Å². The van der Waals surface area contributed by atoms with E-state index in [4.69, 9.17) is 4.74 Å². The number of aryl methyl sites for hydroxylation is 1. The van der Waals surface area contributed by atoms with Crippen molar-refractivity contribution < 1.29 is 9.53 Å². The zero-order chi connectivity index (χ0) is 16.6. The average molecular weight is 327 g/mol. The first kappa shape index (κ1) is 16.1. The predicted molar refractivity (Wildman–Crippen MR) is 94.8 cm³/mol. The average Bonchev–Trinajstić information content (AvgIpc) is 3.42. The smallest absolute Gasteiger partial charge is 0.225 e. The van der Waals surface area contributed by atoms with Gasteiger partial charge in [0.25, 0.3) is 0 Å². The number of hydrogen-bond acceptors (Lipinski definition) is 2. The van der Waals surface area contributed by atoms with Crippen molar-refractivity contribution in [2.45, 2.75) is 57.5 Å². The molecule has 1 saturated carbocycles. The lowest BCUT2D eigenvalue weighted by molar-refractivity contribution is -0.148. The van der Waals surface area contributed by atoms with Crippen LogP contribution in [-0.2, 0) is 16.0 Å². The monoisotopic (exact) mass is 327 g/mol. The highest BCUT2D eigenvalue weighted by molar-refractivity contribution is 5.81. The maximum absolute atomic E-state index is 12.2. The third-order valence-electron chi connectivity index (χ3n) is 6.15. The molecule has 1 unspecified atom stereocenters. The Bertz CT molecular complexity index is 582. The Hall–Kier alpha value is -1.35. The summed E-state index contributed by atoms with van der Waals surface area (Å²) in [4.78, 5) is 14.3. The predicted octanol–water partition coefficient (Wildman–Crippen LogP) is 3.74. The molecule has 3 nitrogen and oxygen atoms in total. The molecule has 1 atom stereocenters. The van der Waals surface area contributed by atoms with E-state index >= 15 is 0 Å². The highest BCUT2D eigenvalue weighted by atomic mass is 16.5. The molecule has 1 aromatic rings. The van der Waals surface area contributed by atoms with E-state index in [1.165, 1.54) is 17.5 Å². The molecule has 3 aliphatic rings. The molecule has 24 heavy (non-hydrogen) atoms. The SMILES string of the molecule is Cc1ccc(CC2CCOC3(CCN(C(=O)C4CC4)CC3)C2)cc1. The van der Waals surface area contributed by atoms with Gasteiger partial charge in [0, 0.05) is 25.6 Å². The molecule has 0 aromatic heterocycles. The number of carbonyl (C=O) groups is 1. The van der Waals surface area contributed by atoms with Crippen molar-refractivity contribution in [1.82, 2.24) is 4.90 Å². The van der Waals surface area contributed by atoms with E-state index in [2.05, 4.69) is 36.1 Å². The number of amides is 1. The fourth-order valence-corrected chi connectivity index (χ4v) is 4.43. The van der Waals surface area contributed by atoms with Crippen LogP contribution in [0.1, 0.15) is 49.7 Å². The van der Waals surface area contributed by atoms with Crippen molar-refractivity contribution in [3.05, 3.63) is 35.4 Å². The van der Waals surface area contributed by atoms with E-state index in [1.54, 1.807) is 0 Å². The van der Waals surface area contributed by atoms with Crippen molar-refractivity contribution >= 4 is 5.91 Å². The molecular weight excluding hydrogens is 298 g/mol. The largest absolute Gasteiger partial charge is 0.375 e. The van der Waals surface area contributed by atoms with Gasteiger partial charge in [0.2, 0.25) is 5.91 Å². The fraction of sp³-hybridized carbons (Fsp3) is 0.667. The summed E-state index contributed by atoms with van der Waals surface area (Å²) < 4.78 is 6.26. The Balaban J connectivity index is 1.34. The second-order valence-electron chi connectivity index (χ2n) is 8.18. The highest BCUT2D eigenvalue weighted by Crippen LogP contribution is 2.40. The second kappa shape index (κ2) is 6.51. The van der Waals surface area contributed by atoms with Gasteiger partial charge in [-0.2, -0.15) is 0 Å². The highest BCUT2D eigenvalue weighted by Gasteiger charge is 2.43. The molecule has 3 heteroatoms. The van der Waals surface area contributed by atoms with Crippen LogP contribution in [0.4, 0.5) is 0 Å². The van der Waals surface area contributed by atoms with Gasteiger partial charge in [0.05, 0.1) is 5.60 Å². The lowest BCUT2D eigenvalue weighted by atomic mass is 9.77. The van der Waals surface area contributed by atoms with Crippen LogP contribution >= 0.6 is 0 Å². The number of benzene rings is 1. The van der Waals surface area contributed by atoms with Crippen LogP contribution in [0.5, 0.6) is 0 Å². The van der Waals surface area contributed by atoms with Gasteiger partial charge in [-0.3, -0.25) is 4.79 Å². The minimum atomic E-state index is 0.0357. The number of hydrogen-bond donors (Lipinski definition) is 0. The van der Waals surface area contributed by atoms with Gasteiger partial charge in [-0.15, -0.1) is 0 Å². The van der Waals surface area contributed by atoms with E-state index in [1.807, 2.05) is 0 Å². The Morgan fingerprint density at radius 3 is 2.54 bits per heavy atom. The number of ether oxygens (including phenoxy) is 1. The van der Waals surface area contributed by atoms with Crippen LogP contribution < -0.4 is 0 Å². The molecule has 4 rings (SSSR count). The fourth-order valence-electron chi connectivity index (χ4n) is 4.43. The van der Waals surface area contributed by atoms with Gasteiger partial charge in [-0.05, 0) is 63.4 Å². The normalized spacial score (nSPS) is 26.5. The van der Waals surface area contributed by atoms with Gasteiger partial charge in [-0.1, -0.05) is 29.8 Å². The molecular formula is C21H29NO2. The number of carbonyl (C=O) groups excluding carboxylic acids is 1. The number of likely N-dealkylation sites (tertiary alicyclic amines) is 1. The van der Waals surface area contributed by atoms with Gasteiger partial charge < -0.3 is 9.64 Å². The van der Waals surface area contributed by atoms with Gasteiger partial charge in [-0.25, -0.2) is 0 Å². The van der Waals surface area contributed by atoms with Crippen molar-refractivity contribution in [1.29, 1.82) is 0 Å². The first-order valence-electron chi connectivity index (χ1n) is 9.62. The zero-order valence-electron chi connectivity index (χ0n) is 14.8. The van der Waals surface area contributed by atoms with Gasteiger partial charge >= 0.3 is 0 Å². The van der Waals surface area contributed by atoms with Crippen LogP contribution in [0.2, 0.25) is 0 Å². The Kier molecular flexibility index (Phi) is 4.38. The maximum atomic E-state index is 12.2. The second-order valence-corrected chi connectivity index (χ2v) is 8.18. The van der Waals surface area contributed by atoms with E-state index < -0.39 is 0 Å². The van der Waals surface area contributed by atoms with Crippen LogP contribution in [-0.4, -0.2) is 36.1 Å². The maximum Gasteiger partial charge on any atom is 0.225 e. The minimum Gasteiger partial charge on any atom is -0.375 e. The van der Waals surface area contributed by atoms with E-state index in [-0.39, 0.29) is 5.60 Å². The topological polar surface area (TPSA) is 29.5 Å². The molecule has 0 bridgehead atoms. The summed E-state index contributed by atoms with van der Waals surface area (Å²) in [6.07, 6.45) is 7.75. The van der Waals surface area contributed by atoms with Crippen LogP contribution in [0.15, 0.2) is 24.3 Å². The molecule has 1 aliphatic carbocycles. The molecule has 2 heterocycles. The van der Waals surface area contributed by atoms with Crippen LogP contribution in [0.25, 0.3) is 0 Å². The quantitative estimate of drug-likeness (QED) is 0.846. The molecule has 0 N–H and O–H groups in total. The molecule has 1 spiro atoms. The minimum absolute atomic E-state index is 0.0357. The summed E-state index contributed by atoms with van der Waals surface area (Å²) in [7, 11) is 0. The van der Waals surface area contributed by atoms with E-state index in [9.17, 15) is 4.79 Å². The summed E-state index contributed by atoms with van der Waals surface area (Å²) >= 11 is 0. The van der Waals surface area contributed by atoms with E-state index in [0.717, 1.165) is 58.2 Å². The first-order chi connectivity index (χ1) is 11.6. The summed E-state index contributed by atoms with van der Waals surface area (Å²) in [5.74, 6) is 1.46. The van der Waals surface area contributed by atoms with Crippen LogP contribution in [0.3, 0.4) is 0 Å². The van der Waals surface area contributed by atoms with Gasteiger partial charge in [0.1, 0.15) is 0 Å². The van der Waals surface area contributed by atoms with Crippen LogP contribution in [0, 0.1) is 18.8 Å². The standard InChI is InChI=1S/C21H29NO2/c1-16-2-4-17(5-3-16)14-18-8-13-24-21(15-18)9-11-22(12-10-21)20(23)19-6-7-19/h2-5,18-19H,6-15H2,1H3. The molecule has 3 fully saturated rings. The first-order valence-corrected chi connectivity index (χ1v) is 9.62. The van der Waals surface area contributed by atoms with Gasteiger partial charge in [0.15, 0.2) is 0 Å².